The van der Waals surface area contributed by atoms with Gasteiger partial charge in [-0.2, -0.15) is 0 Å². The Hall–Kier alpha value is 0.300. The molecule has 8 heteroatoms. The third-order valence-electron chi connectivity index (χ3n) is 0.648. The van der Waals surface area contributed by atoms with Crippen molar-refractivity contribution in [3.63, 3.8) is 0 Å². The minimum Gasteiger partial charge on any atom is -0.324 e. The maximum absolute atomic E-state index is 10.4. The molecule has 0 aliphatic rings. The molecule has 62 valence electrons. The maximum Gasteiger partial charge on any atom is 0.339 e. The van der Waals surface area contributed by atoms with Crippen LogP contribution >= 0.6 is 15.2 Å². The zero-order valence-corrected chi connectivity index (χ0v) is 6.96. The Balaban J connectivity index is 4.17. The normalized spacial score (nSPS) is 18.4. The Morgan fingerprint density at radius 3 is 1.80 bits per heavy atom. The SMILES string of the molecule is COP(=O)(O)CP(=O)(O)O. The van der Waals surface area contributed by atoms with Crippen LogP contribution in [0.4, 0.5) is 0 Å². The highest BCUT2D eigenvalue weighted by Gasteiger charge is 2.29. The van der Waals surface area contributed by atoms with Crippen LogP contribution in [0.1, 0.15) is 0 Å². The topological polar surface area (TPSA) is 104 Å². The van der Waals surface area contributed by atoms with Gasteiger partial charge < -0.3 is 19.2 Å². The van der Waals surface area contributed by atoms with Crippen molar-refractivity contribution in [3.8, 4) is 0 Å². The van der Waals surface area contributed by atoms with E-state index in [4.69, 9.17) is 14.7 Å². The molecular weight excluding hydrogens is 182 g/mol. The average molecular weight is 190 g/mol. The molecule has 0 aliphatic heterocycles. The van der Waals surface area contributed by atoms with Crippen molar-refractivity contribution in [2.24, 2.45) is 0 Å². The van der Waals surface area contributed by atoms with Crippen LogP contribution in [0, 0.1) is 0 Å². The second-order valence-corrected chi connectivity index (χ2v) is 5.73. The van der Waals surface area contributed by atoms with Crippen molar-refractivity contribution >= 4 is 15.2 Å². The van der Waals surface area contributed by atoms with Crippen molar-refractivity contribution in [2.45, 2.75) is 0 Å². The van der Waals surface area contributed by atoms with E-state index in [1.54, 1.807) is 0 Å². The summed E-state index contributed by atoms with van der Waals surface area (Å²) in [5.41, 5.74) is 0. The summed E-state index contributed by atoms with van der Waals surface area (Å²) in [4.78, 5) is 24.9. The molecule has 0 heterocycles. The lowest BCUT2D eigenvalue weighted by Gasteiger charge is -2.08. The van der Waals surface area contributed by atoms with Crippen LogP contribution in [-0.2, 0) is 13.7 Å². The van der Waals surface area contributed by atoms with E-state index in [-0.39, 0.29) is 0 Å². The van der Waals surface area contributed by atoms with Gasteiger partial charge in [0.25, 0.3) is 0 Å². The fourth-order valence-electron chi connectivity index (χ4n) is 0.291. The number of rotatable bonds is 3. The van der Waals surface area contributed by atoms with Gasteiger partial charge in [-0.05, 0) is 0 Å². The Kier molecular flexibility index (Phi) is 3.23. The van der Waals surface area contributed by atoms with Crippen LogP contribution in [0.15, 0.2) is 0 Å². The molecule has 0 aliphatic carbocycles. The molecule has 0 radical (unpaired) electrons. The minimum atomic E-state index is -4.44. The molecule has 0 bridgehead atoms. The highest BCUT2D eigenvalue weighted by atomic mass is 31.2. The van der Waals surface area contributed by atoms with Gasteiger partial charge in [-0.3, -0.25) is 9.13 Å². The van der Waals surface area contributed by atoms with E-state index in [0.717, 1.165) is 7.11 Å². The summed E-state index contributed by atoms with van der Waals surface area (Å²) in [6.07, 6.45) is 0. The van der Waals surface area contributed by atoms with Crippen molar-refractivity contribution in [1.29, 1.82) is 0 Å². The van der Waals surface area contributed by atoms with Gasteiger partial charge in [0.15, 0.2) is 5.90 Å². The van der Waals surface area contributed by atoms with E-state index in [1.807, 2.05) is 0 Å². The molecule has 0 aromatic heterocycles. The quantitative estimate of drug-likeness (QED) is 0.539. The zero-order chi connectivity index (χ0) is 8.41. The highest BCUT2D eigenvalue weighted by molar-refractivity contribution is 7.69. The Morgan fingerprint density at radius 1 is 1.30 bits per heavy atom. The van der Waals surface area contributed by atoms with Crippen LogP contribution in [0.3, 0.4) is 0 Å². The van der Waals surface area contributed by atoms with E-state index in [9.17, 15) is 9.13 Å². The molecule has 10 heavy (non-hydrogen) atoms. The van der Waals surface area contributed by atoms with Crippen molar-refractivity contribution in [2.75, 3.05) is 13.0 Å². The van der Waals surface area contributed by atoms with Crippen LogP contribution in [0.2, 0.25) is 0 Å². The lowest BCUT2D eigenvalue weighted by molar-refractivity contribution is 0.314. The van der Waals surface area contributed by atoms with Gasteiger partial charge in [0.2, 0.25) is 0 Å². The summed E-state index contributed by atoms with van der Waals surface area (Å²) in [5, 5.41) is 0. The van der Waals surface area contributed by atoms with Gasteiger partial charge in [-0.15, -0.1) is 0 Å². The lowest BCUT2D eigenvalue weighted by atomic mass is 11.8. The molecule has 1 unspecified atom stereocenters. The fourth-order valence-corrected chi connectivity index (χ4v) is 2.61. The summed E-state index contributed by atoms with van der Waals surface area (Å²) in [6, 6.07) is 0. The van der Waals surface area contributed by atoms with E-state index in [2.05, 4.69) is 4.52 Å². The maximum atomic E-state index is 10.4. The third-order valence-corrected chi connectivity index (χ3v) is 4.12. The Labute approximate surface area is 57.5 Å². The van der Waals surface area contributed by atoms with E-state index < -0.39 is 21.1 Å². The molecule has 0 saturated heterocycles. The second kappa shape index (κ2) is 3.13. The molecule has 0 fully saturated rings. The summed E-state index contributed by atoms with van der Waals surface area (Å²) >= 11 is 0. The molecule has 0 rings (SSSR count). The molecule has 0 saturated carbocycles. The smallest absolute Gasteiger partial charge is 0.324 e. The van der Waals surface area contributed by atoms with Gasteiger partial charge in [0, 0.05) is 7.11 Å². The first-order valence-electron chi connectivity index (χ1n) is 2.19. The Bertz CT molecular complexity index is 192. The predicted molar refractivity (Wildman–Crippen MR) is 33.7 cm³/mol. The monoisotopic (exact) mass is 190 g/mol. The van der Waals surface area contributed by atoms with Gasteiger partial charge in [0.1, 0.15) is 0 Å². The first-order valence-corrected chi connectivity index (χ1v) is 5.75. The van der Waals surface area contributed by atoms with Crippen LogP contribution in [0.25, 0.3) is 0 Å². The van der Waals surface area contributed by atoms with Crippen molar-refractivity contribution in [1.82, 2.24) is 0 Å². The molecule has 0 aromatic carbocycles. The third kappa shape index (κ3) is 5.11. The molecule has 0 spiro atoms. The highest BCUT2D eigenvalue weighted by Crippen LogP contribution is 2.54. The first kappa shape index (κ1) is 10.3. The number of hydrogen-bond donors (Lipinski definition) is 3. The zero-order valence-electron chi connectivity index (χ0n) is 5.17. The van der Waals surface area contributed by atoms with Crippen molar-refractivity contribution in [3.05, 3.63) is 0 Å². The molecular formula is C2H8O6P2. The van der Waals surface area contributed by atoms with Crippen molar-refractivity contribution < 1.29 is 28.3 Å². The summed E-state index contributed by atoms with van der Waals surface area (Å²) in [5.74, 6) is -1.13. The minimum absolute atomic E-state index is 0.913. The van der Waals surface area contributed by atoms with Gasteiger partial charge in [0.05, 0.1) is 0 Å². The standard InChI is InChI=1S/C2H8O6P2/c1-8-10(6,7)2-9(3,4)5/h2H2,1H3,(H,6,7)(H2,3,4,5). The average Bonchev–Trinajstić information content (AvgIpc) is 1.60. The summed E-state index contributed by atoms with van der Waals surface area (Å²) < 4.78 is 24.5. The van der Waals surface area contributed by atoms with Crippen LogP contribution in [-0.4, -0.2) is 27.7 Å². The molecule has 0 amide bonds. The van der Waals surface area contributed by atoms with E-state index in [0.29, 0.717) is 0 Å². The molecule has 3 N–H and O–H groups in total. The predicted octanol–water partition coefficient (Wildman–Crippen LogP) is -0.0466. The van der Waals surface area contributed by atoms with E-state index in [1.165, 1.54) is 0 Å². The summed E-state index contributed by atoms with van der Waals surface area (Å²) in [7, 11) is -7.59. The van der Waals surface area contributed by atoms with Gasteiger partial charge in [-0.25, -0.2) is 0 Å². The summed E-state index contributed by atoms with van der Waals surface area (Å²) in [6.45, 7) is 0. The largest absolute Gasteiger partial charge is 0.339 e. The molecule has 1 atom stereocenters. The van der Waals surface area contributed by atoms with Crippen LogP contribution < -0.4 is 0 Å². The number of hydrogen-bond acceptors (Lipinski definition) is 3. The molecule has 6 nitrogen and oxygen atoms in total. The first-order chi connectivity index (χ1) is 4.27. The second-order valence-electron chi connectivity index (χ2n) is 1.63. The fraction of sp³-hybridized carbons (Fsp3) is 1.00. The Morgan fingerprint density at radius 2 is 1.70 bits per heavy atom. The van der Waals surface area contributed by atoms with E-state index >= 15 is 0 Å². The van der Waals surface area contributed by atoms with Gasteiger partial charge >= 0.3 is 15.2 Å². The van der Waals surface area contributed by atoms with Crippen LogP contribution in [0.5, 0.6) is 0 Å². The van der Waals surface area contributed by atoms with Gasteiger partial charge in [-0.1, -0.05) is 0 Å². The lowest BCUT2D eigenvalue weighted by Crippen LogP contribution is -1.91. The molecule has 0 aromatic rings.